The summed E-state index contributed by atoms with van der Waals surface area (Å²) in [5, 5.41) is 6.02. The molecular formula is C24H31FN2O3. The quantitative estimate of drug-likeness (QED) is 0.579. The number of benzene rings is 2. The number of rotatable bonds is 8. The second-order valence-electron chi connectivity index (χ2n) is 7.74. The number of carbonyl (C=O) groups excluding carboxylic acids is 1. The van der Waals surface area contributed by atoms with E-state index in [1.165, 1.54) is 19.3 Å². The Balaban J connectivity index is 2.52. The van der Waals surface area contributed by atoms with Crippen LogP contribution in [0.25, 0.3) is 16.7 Å². The van der Waals surface area contributed by atoms with Crippen LogP contribution in [0.5, 0.6) is 11.5 Å². The molecule has 0 unspecified atom stereocenters. The van der Waals surface area contributed by atoms with Crippen molar-refractivity contribution < 1.29 is 18.7 Å². The number of allylic oxidation sites excluding steroid dienone is 1. The zero-order chi connectivity index (χ0) is 22.4. The van der Waals surface area contributed by atoms with Crippen LogP contribution in [-0.4, -0.2) is 32.2 Å². The number of halogens is 1. The average Bonchev–Trinajstić information content (AvgIpc) is 2.65. The van der Waals surface area contributed by atoms with Gasteiger partial charge >= 0.3 is 0 Å². The van der Waals surface area contributed by atoms with Crippen molar-refractivity contribution >= 4 is 17.2 Å². The Hall–Kier alpha value is -3.02. The van der Waals surface area contributed by atoms with E-state index in [9.17, 15) is 9.18 Å². The zero-order valence-electron chi connectivity index (χ0n) is 18.7. The van der Waals surface area contributed by atoms with Crippen LogP contribution in [0.1, 0.15) is 40.2 Å². The van der Waals surface area contributed by atoms with E-state index < -0.39 is 0 Å². The molecule has 0 aromatic heterocycles. The van der Waals surface area contributed by atoms with Crippen LogP contribution >= 0.6 is 0 Å². The molecule has 30 heavy (non-hydrogen) atoms. The van der Waals surface area contributed by atoms with Crippen LogP contribution in [0.2, 0.25) is 0 Å². The van der Waals surface area contributed by atoms with Crippen molar-refractivity contribution in [3.05, 3.63) is 47.8 Å². The molecular weight excluding hydrogens is 383 g/mol. The summed E-state index contributed by atoms with van der Waals surface area (Å²) in [6.45, 7) is 9.61. The lowest BCUT2D eigenvalue weighted by Crippen LogP contribution is -2.28. The van der Waals surface area contributed by atoms with E-state index in [1.54, 1.807) is 25.3 Å². The first-order chi connectivity index (χ1) is 14.2. The molecule has 2 N–H and O–H groups in total. The third-order valence-electron chi connectivity index (χ3n) is 4.44. The fourth-order valence-electron chi connectivity index (χ4n) is 3.17. The molecule has 0 atom stereocenters. The van der Waals surface area contributed by atoms with Gasteiger partial charge in [0, 0.05) is 40.5 Å². The fraction of sp³-hybridized carbons (Fsp3) is 0.375. The van der Waals surface area contributed by atoms with Crippen molar-refractivity contribution in [3.63, 3.8) is 0 Å². The number of carbonyl (C=O) groups is 1. The number of hydrogen-bond donors (Lipinski definition) is 2. The molecule has 0 aliphatic carbocycles. The molecule has 0 spiro atoms. The Morgan fingerprint density at radius 2 is 1.63 bits per heavy atom. The van der Waals surface area contributed by atoms with Gasteiger partial charge in [0.15, 0.2) is 0 Å². The van der Waals surface area contributed by atoms with E-state index in [1.807, 2.05) is 40.7 Å². The lowest BCUT2D eigenvalue weighted by molar-refractivity contribution is -0.116. The van der Waals surface area contributed by atoms with Gasteiger partial charge in [-0.25, -0.2) is 4.39 Å². The molecule has 2 aromatic carbocycles. The van der Waals surface area contributed by atoms with E-state index in [0.29, 0.717) is 39.4 Å². The van der Waals surface area contributed by atoms with Gasteiger partial charge in [-0.1, -0.05) is 0 Å². The maximum atomic E-state index is 14.9. The maximum absolute atomic E-state index is 14.9. The van der Waals surface area contributed by atoms with Crippen molar-refractivity contribution in [1.29, 1.82) is 0 Å². The summed E-state index contributed by atoms with van der Waals surface area (Å²) < 4.78 is 26.0. The molecule has 0 heterocycles. The van der Waals surface area contributed by atoms with E-state index in [0.717, 1.165) is 0 Å². The maximum Gasteiger partial charge on any atom is 0.244 e. The van der Waals surface area contributed by atoms with Crippen LogP contribution in [0.15, 0.2) is 36.4 Å². The van der Waals surface area contributed by atoms with Gasteiger partial charge in [0.1, 0.15) is 17.3 Å². The van der Waals surface area contributed by atoms with Crippen LogP contribution in [0.3, 0.4) is 0 Å². The monoisotopic (exact) mass is 414 g/mol. The molecule has 0 saturated carbocycles. The SMILES string of the molecule is COc1cc(-c2ccc(NC(C)C)cc2F)c(OC)cc1/C(C)=C\C(=O)NC(C)C. The Labute approximate surface area is 178 Å². The number of ether oxygens (including phenoxy) is 2. The van der Waals surface area contributed by atoms with Crippen LogP contribution in [-0.2, 0) is 4.79 Å². The lowest BCUT2D eigenvalue weighted by atomic mass is 9.97. The predicted molar refractivity (Wildman–Crippen MR) is 121 cm³/mol. The number of anilines is 1. The van der Waals surface area contributed by atoms with Crippen LogP contribution in [0.4, 0.5) is 10.1 Å². The van der Waals surface area contributed by atoms with Crippen LogP contribution in [0, 0.1) is 5.82 Å². The van der Waals surface area contributed by atoms with E-state index in [-0.39, 0.29) is 23.8 Å². The van der Waals surface area contributed by atoms with E-state index in [2.05, 4.69) is 10.6 Å². The molecule has 0 aliphatic rings. The molecule has 2 rings (SSSR count). The fourth-order valence-corrected chi connectivity index (χ4v) is 3.17. The number of nitrogens with one attached hydrogen (secondary N) is 2. The first kappa shape index (κ1) is 23.3. The third kappa shape index (κ3) is 5.75. The highest BCUT2D eigenvalue weighted by Gasteiger charge is 2.17. The first-order valence-corrected chi connectivity index (χ1v) is 9.97. The molecule has 0 bridgehead atoms. The van der Waals surface area contributed by atoms with Gasteiger partial charge in [0.05, 0.1) is 14.2 Å². The third-order valence-corrected chi connectivity index (χ3v) is 4.44. The largest absolute Gasteiger partial charge is 0.496 e. The molecule has 1 amide bonds. The lowest BCUT2D eigenvalue weighted by Gasteiger charge is -2.17. The van der Waals surface area contributed by atoms with Crippen molar-refractivity contribution in [2.75, 3.05) is 19.5 Å². The molecule has 2 aromatic rings. The Bertz CT molecular complexity index is 936. The van der Waals surface area contributed by atoms with E-state index in [4.69, 9.17) is 9.47 Å². The van der Waals surface area contributed by atoms with Crippen molar-refractivity contribution in [2.24, 2.45) is 0 Å². The average molecular weight is 415 g/mol. The highest BCUT2D eigenvalue weighted by molar-refractivity contribution is 5.96. The van der Waals surface area contributed by atoms with Gasteiger partial charge in [0.25, 0.3) is 0 Å². The summed E-state index contributed by atoms with van der Waals surface area (Å²) in [5.41, 5.74) is 3.11. The molecule has 5 nitrogen and oxygen atoms in total. The Morgan fingerprint density at radius 3 is 2.17 bits per heavy atom. The number of amides is 1. The molecule has 0 fully saturated rings. The van der Waals surface area contributed by atoms with Crippen molar-refractivity contribution in [2.45, 2.75) is 46.7 Å². The van der Waals surface area contributed by atoms with Crippen molar-refractivity contribution in [1.82, 2.24) is 5.32 Å². The van der Waals surface area contributed by atoms with Gasteiger partial charge in [-0.15, -0.1) is 0 Å². The van der Waals surface area contributed by atoms with E-state index >= 15 is 0 Å². The number of methoxy groups -OCH3 is 2. The van der Waals surface area contributed by atoms with Gasteiger partial charge in [0.2, 0.25) is 5.91 Å². The summed E-state index contributed by atoms with van der Waals surface area (Å²) in [5.74, 6) is 0.469. The number of hydrogen-bond acceptors (Lipinski definition) is 4. The summed E-state index contributed by atoms with van der Waals surface area (Å²) in [7, 11) is 3.08. The minimum atomic E-state index is -0.364. The Morgan fingerprint density at radius 1 is 0.967 bits per heavy atom. The van der Waals surface area contributed by atoms with Gasteiger partial charge in [-0.3, -0.25) is 4.79 Å². The summed E-state index contributed by atoms with van der Waals surface area (Å²) in [6, 6.07) is 8.76. The topological polar surface area (TPSA) is 59.6 Å². The van der Waals surface area contributed by atoms with Gasteiger partial charge in [-0.2, -0.15) is 0 Å². The standard InChI is InChI=1S/C24H31FN2O3/c1-14(2)26-17-8-9-18(21(25)11-17)20-13-22(29-6)19(12-23(20)30-7)16(5)10-24(28)27-15(3)4/h8-15,26H,1-7H3,(H,27,28)/b16-10-. The second-order valence-corrected chi connectivity index (χ2v) is 7.74. The molecule has 6 heteroatoms. The summed E-state index contributed by atoms with van der Waals surface area (Å²) in [4.78, 5) is 12.1. The highest BCUT2D eigenvalue weighted by atomic mass is 19.1. The minimum Gasteiger partial charge on any atom is -0.496 e. The Kier molecular flexibility index (Phi) is 7.86. The minimum absolute atomic E-state index is 0.0384. The van der Waals surface area contributed by atoms with Crippen molar-refractivity contribution in [3.8, 4) is 22.6 Å². The van der Waals surface area contributed by atoms with Crippen LogP contribution < -0.4 is 20.1 Å². The highest BCUT2D eigenvalue weighted by Crippen LogP contribution is 2.40. The first-order valence-electron chi connectivity index (χ1n) is 9.97. The molecule has 162 valence electrons. The van der Waals surface area contributed by atoms with Gasteiger partial charge < -0.3 is 20.1 Å². The second kappa shape index (κ2) is 10.1. The van der Waals surface area contributed by atoms with Gasteiger partial charge in [-0.05, 0) is 70.5 Å². The normalized spacial score (nSPS) is 11.6. The summed E-state index contributed by atoms with van der Waals surface area (Å²) >= 11 is 0. The predicted octanol–water partition coefficient (Wildman–Crippen LogP) is 5.26. The summed E-state index contributed by atoms with van der Waals surface area (Å²) in [6.07, 6.45) is 1.52. The zero-order valence-corrected chi connectivity index (χ0v) is 18.7. The molecule has 0 radical (unpaired) electrons. The molecule has 0 aliphatic heterocycles. The smallest absolute Gasteiger partial charge is 0.244 e. The molecule has 0 saturated heterocycles.